The van der Waals surface area contributed by atoms with E-state index in [1.54, 1.807) is 11.8 Å². The molecule has 0 bridgehead atoms. The van der Waals surface area contributed by atoms with Crippen molar-refractivity contribution in [2.24, 2.45) is 0 Å². The molecule has 2 nitrogen and oxygen atoms in total. The first-order valence-corrected chi connectivity index (χ1v) is 6.84. The molecular weight excluding hydrogens is 261 g/mol. The van der Waals surface area contributed by atoms with Crippen molar-refractivity contribution in [2.75, 3.05) is 23.9 Å². The number of hydrogen-bond acceptors (Lipinski definition) is 3. The SMILES string of the molecule is CSC1(CNc2ccc(C(F)(F)F)cc2N)CC1. The van der Waals surface area contributed by atoms with Crippen LogP contribution >= 0.6 is 11.8 Å². The van der Waals surface area contributed by atoms with Crippen molar-refractivity contribution < 1.29 is 13.2 Å². The smallest absolute Gasteiger partial charge is 0.397 e. The molecule has 1 aromatic rings. The fraction of sp³-hybridized carbons (Fsp3) is 0.500. The Morgan fingerprint density at radius 3 is 2.50 bits per heavy atom. The fourth-order valence-electron chi connectivity index (χ4n) is 1.75. The van der Waals surface area contributed by atoms with Crippen molar-refractivity contribution >= 4 is 23.1 Å². The monoisotopic (exact) mass is 276 g/mol. The quantitative estimate of drug-likeness (QED) is 0.825. The van der Waals surface area contributed by atoms with Gasteiger partial charge in [0.15, 0.2) is 0 Å². The maximum Gasteiger partial charge on any atom is 0.416 e. The Bertz CT molecular complexity index is 441. The summed E-state index contributed by atoms with van der Waals surface area (Å²) in [7, 11) is 0. The van der Waals surface area contributed by atoms with Crippen LogP contribution in [0.15, 0.2) is 18.2 Å². The van der Waals surface area contributed by atoms with E-state index in [1.165, 1.54) is 6.07 Å². The van der Waals surface area contributed by atoms with Gasteiger partial charge >= 0.3 is 6.18 Å². The summed E-state index contributed by atoms with van der Waals surface area (Å²) in [6.45, 7) is 0.740. The normalized spacial score (nSPS) is 17.6. The van der Waals surface area contributed by atoms with E-state index in [9.17, 15) is 13.2 Å². The Balaban J connectivity index is 2.06. The average molecular weight is 276 g/mol. The van der Waals surface area contributed by atoms with Gasteiger partial charge in [0.25, 0.3) is 0 Å². The first-order chi connectivity index (χ1) is 8.36. The first kappa shape index (κ1) is 13.4. The highest BCUT2D eigenvalue weighted by molar-refractivity contribution is 8.00. The minimum absolute atomic E-state index is 0.140. The molecule has 0 unspecified atom stereocenters. The van der Waals surface area contributed by atoms with E-state index >= 15 is 0 Å². The van der Waals surface area contributed by atoms with Crippen molar-refractivity contribution in [1.82, 2.24) is 0 Å². The molecule has 0 amide bonds. The minimum Gasteiger partial charge on any atom is -0.397 e. The third-order valence-electron chi connectivity index (χ3n) is 3.22. The number of rotatable bonds is 4. The maximum absolute atomic E-state index is 12.5. The van der Waals surface area contributed by atoms with Crippen LogP contribution in [-0.4, -0.2) is 17.5 Å². The molecule has 0 atom stereocenters. The number of nitrogens with one attached hydrogen (secondary N) is 1. The molecular formula is C12H15F3N2S. The van der Waals surface area contributed by atoms with Gasteiger partial charge in [-0.2, -0.15) is 24.9 Å². The van der Waals surface area contributed by atoms with Gasteiger partial charge in [-0.05, 0) is 37.3 Å². The summed E-state index contributed by atoms with van der Waals surface area (Å²) in [6.07, 6.45) is -0.0160. The molecule has 1 fully saturated rings. The molecule has 1 aromatic carbocycles. The van der Waals surface area contributed by atoms with Crippen LogP contribution in [0.3, 0.4) is 0 Å². The molecule has 6 heteroatoms. The highest BCUT2D eigenvalue weighted by Gasteiger charge is 2.41. The van der Waals surface area contributed by atoms with Crippen LogP contribution in [0.5, 0.6) is 0 Å². The lowest BCUT2D eigenvalue weighted by Gasteiger charge is -2.16. The van der Waals surface area contributed by atoms with Gasteiger partial charge in [-0.3, -0.25) is 0 Å². The highest BCUT2D eigenvalue weighted by Crippen LogP contribution is 2.47. The number of anilines is 2. The second kappa shape index (κ2) is 4.57. The van der Waals surface area contributed by atoms with Gasteiger partial charge < -0.3 is 11.1 Å². The number of thioether (sulfide) groups is 1. The number of nitrogens with two attached hydrogens (primary N) is 1. The topological polar surface area (TPSA) is 38.0 Å². The number of alkyl halides is 3. The van der Waals surface area contributed by atoms with Crippen LogP contribution in [0.4, 0.5) is 24.5 Å². The summed E-state index contributed by atoms with van der Waals surface area (Å²) in [6, 6.07) is 3.42. The van der Waals surface area contributed by atoms with E-state index in [-0.39, 0.29) is 10.4 Å². The summed E-state index contributed by atoms with van der Waals surface area (Å²) in [5, 5.41) is 3.13. The predicted octanol–water partition coefficient (Wildman–Crippen LogP) is 3.60. The van der Waals surface area contributed by atoms with Gasteiger partial charge in [0.05, 0.1) is 16.9 Å². The van der Waals surface area contributed by atoms with E-state index in [2.05, 4.69) is 5.32 Å². The first-order valence-electron chi connectivity index (χ1n) is 5.62. The molecule has 18 heavy (non-hydrogen) atoms. The Labute approximate surface area is 108 Å². The number of nitrogen functional groups attached to an aromatic ring is 1. The van der Waals surface area contributed by atoms with E-state index in [4.69, 9.17) is 5.73 Å². The van der Waals surface area contributed by atoms with E-state index in [1.807, 2.05) is 6.26 Å². The van der Waals surface area contributed by atoms with E-state index in [0.29, 0.717) is 5.69 Å². The largest absolute Gasteiger partial charge is 0.416 e. The minimum atomic E-state index is -4.34. The summed E-state index contributed by atoms with van der Waals surface area (Å²) < 4.78 is 37.6. The Kier molecular flexibility index (Phi) is 3.40. The number of benzene rings is 1. The van der Waals surface area contributed by atoms with Gasteiger partial charge in [0.2, 0.25) is 0 Å². The van der Waals surface area contributed by atoms with Crippen LogP contribution in [-0.2, 0) is 6.18 Å². The summed E-state index contributed by atoms with van der Waals surface area (Å²) in [5.41, 5.74) is 5.64. The highest BCUT2D eigenvalue weighted by atomic mass is 32.2. The van der Waals surface area contributed by atoms with Crippen LogP contribution in [0.1, 0.15) is 18.4 Å². The van der Waals surface area contributed by atoms with Gasteiger partial charge in [0.1, 0.15) is 0 Å². The molecule has 2 rings (SSSR count). The van der Waals surface area contributed by atoms with Gasteiger partial charge in [0, 0.05) is 11.3 Å². The molecule has 0 saturated heterocycles. The summed E-state index contributed by atoms with van der Waals surface area (Å²) >= 11 is 1.79. The van der Waals surface area contributed by atoms with Crippen molar-refractivity contribution in [2.45, 2.75) is 23.8 Å². The van der Waals surface area contributed by atoms with Crippen LogP contribution in [0.2, 0.25) is 0 Å². The Morgan fingerprint density at radius 1 is 1.39 bits per heavy atom. The average Bonchev–Trinajstić information content (AvgIpc) is 3.07. The third-order valence-corrected chi connectivity index (χ3v) is 4.64. The summed E-state index contributed by atoms with van der Waals surface area (Å²) in [5.74, 6) is 0. The molecule has 0 spiro atoms. The molecule has 1 aliphatic carbocycles. The molecule has 0 radical (unpaired) electrons. The van der Waals surface area contributed by atoms with Crippen LogP contribution < -0.4 is 11.1 Å². The number of hydrogen-bond donors (Lipinski definition) is 2. The molecule has 0 aromatic heterocycles. The molecule has 1 aliphatic rings. The second-order valence-corrected chi connectivity index (χ2v) is 5.81. The molecule has 1 saturated carbocycles. The van der Waals surface area contributed by atoms with Crippen LogP contribution in [0, 0.1) is 0 Å². The fourth-order valence-corrected chi connectivity index (χ4v) is 2.48. The molecule has 0 heterocycles. The second-order valence-electron chi connectivity index (χ2n) is 4.54. The van der Waals surface area contributed by atoms with Gasteiger partial charge in [-0.25, -0.2) is 0 Å². The van der Waals surface area contributed by atoms with Gasteiger partial charge in [-0.15, -0.1) is 0 Å². The Hall–Kier alpha value is -1.04. The lowest BCUT2D eigenvalue weighted by atomic mass is 10.1. The van der Waals surface area contributed by atoms with E-state index in [0.717, 1.165) is 31.5 Å². The Morgan fingerprint density at radius 2 is 2.06 bits per heavy atom. The predicted molar refractivity (Wildman–Crippen MR) is 69.8 cm³/mol. The number of halogens is 3. The summed E-state index contributed by atoms with van der Waals surface area (Å²) in [4.78, 5) is 0. The van der Waals surface area contributed by atoms with E-state index < -0.39 is 11.7 Å². The molecule has 100 valence electrons. The third kappa shape index (κ3) is 2.85. The molecule has 0 aliphatic heterocycles. The maximum atomic E-state index is 12.5. The zero-order chi connectivity index (χ0) is 13.4. The van der Waals surface area contributed by atoms with Crippen molar-refractivity contribution in [3.8, 4) is 0 Å². The van der Waals surface area contributed by atoms with Crippen molar-refractivity contribution in [1.29, 1.82) is 0 Å². The molecule has 3 N–H and O–H groups in total. The lowest BCUT2D eigenvalue weighted by Crippen LogP contribution is -2.18. The lowest BCUT2D eigenvalue weighted by molar-refractivity contribution is -0.137. The zero-order valence-corrected chi connectivity index (χ0v) is 10.8. The standard InChI is InChI=1S/C12H15F3N2S/c1-18-11(4-5-11)7-17-10-3-2-8(6-9(10)16)12(13,14)15/h2-3,6,17H,4-5,7,16H2,1H3. The van der Waals surface area contributed by atoms with Crippen LogP contribution in [0.25, 0.3) is 0 Å². The van der Waals surface area contributed by atoms with Crippen molar-refractivity contribution in [3.05, 3.63) is 23.8 Å². The van der Waals surface area contributed by atoms with Crippen molar-refractivity contribution in [3.63, 3.8) is 0 Å². The van der Waals surface area contributed by atoms with Gasteiger partial charge in [-0.1, -0.05) is 0 Å². The zero-order valence-electron chi connectivity index (χ0n) is 9.97.